The highest BCUT2D eigenvalue weighted by Gasteiger charge is 2.26. The van der Waals surface area contributed by atoms with E-state index in [2.05, 4.69) is 41.5 Å². The number of anilines is 2. The number of aliphatic hydroxyl groups is 1. The lowest BCUT2D eigenvalue weighted by atomic mass is 10.0. The lowest BCUT2D eigenvalue weighted by molar-refractivity contribution is 0.0697. The van der Waals surface area contributed by atoms with Crippen molar-refractivity contribution in [1.29, 1.82) is 0 Å². The van der Waals surface area contributed by atoms with Crippen LogP contribution in [0.5, 0.6) is 5.75 Å². The van der Waals surface area contributed by atoms with Gasteiger partial charge in [-0.25, -0.2) is 14.2 Å². The Morgan fingerprint density at radius 1 is 1.02 bits per heavy atom. The minimum atomic E-state index is -1.02. The summed E-state index contributed by atoms with van der Waals surface area (Å²) in [4.78, 5) is 20.9. The van der Waals surface area contributed by atoms with E-state index in [0.29, 0.717) is 22.7 Å². The lowest BCUT2D eigenvalue weighted by Crippen LogP contribution is -2.37. The molecule has 1 aromatic heterocycles. The Hall–Kier alpha value is -4.15. The van der Waals surface area contributed by atoms with Crippen LogP contribution < -0.4 is 14.5 Å². The van der Waals surface area contributed by atoms with Crippen LogP contribution in [0, 0.1) is 5.82 Å². The fraction of sp³-hybridized carbons (Fsp3) is 0.487. The molecule has 2 N–H and O–H groups in total. The van der Waals surface area contributed by atoms with Crippen molar-refractivity contribution in [3.8, 4) is 17.1 Å². The van der Waals surface area contributed by atoms with Crippen LogP contribution in [0.2, 0.25) is 0 Å². The van der Waals surface area contributed by atoms with Crippen molar-refractivity contribution in [3.63, 3.8) is 0 Å². The number of rotatable bonds is 14. The number of methoxy groups -OCH3 is 1. The van der Waals surface area contributed by atoms with E-state index in [-0.39, 0.29) is 24.3 Å². The van der Waals surface area contributed by atoms with E-state index in [4.69, 9.17) is 14.5 Å². The molecule has 6 rings (SSSR count). The topological polar surface area (TPSA) is 100 Å². The van der Waals surface area contributed by atoms with Crippen LogP contribution in [-0.2, 0) is 11.3 Å². The molecule has 2 fully saturated rings. The van der Waals surface area contributed by atoms with Crippen molar-refractivity contribution in [2.24, 2.45) is 0 Å². The number of carboxylic acids is 1. The first-order valence-electron chi connectivity index (χ1n) is 17.8. The molecular weight excluding hydrogens is 623 g/mol. The van der Waals surface area contributed by atoms with Gasteiger partial charge in [0.25, 0.3) is 0 Å². The molecule has 0 radical (unpaired) electrons. The van der Waals surface area contributed by atoms with Crippen molar-refractivity contribution >= 4 is 28.4 Å². The number of hydrogen-bond acceptors (Lipinski definition) is 7. The van der Waals surface area contributed by atoms with Crippen molar-refractivity contribution in [2.45, 2.75) is 96.6 Å². The highest BCUT2D eigenvalue weighted by atomic mass is 19.1. The fourth-order valence-corrected chi connectivity index (χ4v) is 7.42. The Kier molecular flexibility index (Phi) is 11.0. The summed E-state index contributed by atoms with van der Waals surface area (Å²) in [6.07, 6.45) is 8.34. The summed E-state index contributed by atoms with van der Waals surface area (Å²) in [7, 11) is 1.76. The first-order valence-corrected chi connectivity index (χ1v) is 17.8. The third kappa shape index (κ3) is 7.55. The maximum absolute atomic E-state index is 16.1. The number of aliphatic hydroxyl groups excluding tert-OH is 1. The van der Waals surface area contributed by atoms with E-state index in [9.17, 15) is 15.0 Å². The summed E-state index contributed by atoms with van der Waals surface area (Å²) in [5.74, 6) is -0.580. The molecule has 3 heterocycles. The van der Waals surface area contributed by atoms with Gasteiger partial charge >= 0.3 is 5.97 Å². The molecule has 3 aromatic carbocycles. The van der Waals surface area contributed by atoms with Gasteiger partial charge in [0, 0.05) is 55.8 Å². The van der Waals surface area contributed by atoms with E-state index < -0.39 is 18.0 Å². The zero-order valence-electron chi connectivity index (χ0n) is 28.9. The Balaban J connectivity index is 1.29. The molecule has 4 aromatic rings. The van der Waals surface area contributed by atoms with Crippen LogP contribution in [0.1, 0.15) is 93.6 Å². The summed E-state index contributed by atoms with van der Waals surface area (Å²) in [5.41, 5.74) is 4.84. The SMILES string of the molecule is CCCCCC(CC)n1c(-c2ccc(OCc3cc(N4CCCC4O)ccc3N3CCC(OC)CC3)cc2F)nc2cc(C(=O)O)ccc21. The van der Waals surface area contributed by atoms with Gasteiger partial charge in [0.2, 0.25) is 0 Å². The zero-order chi connectivity index (χ0) is 34.5. The van der Waals surface area contributed by atoms with Gasteiger partial charge in [-0.2, -0.15) is 0 Å². The number of carboxylic acid groups (broad SMARTS) is 1. The first kappa shape index (κ1) is 34.7. The third-order valence-electron chi connectivity index (χ3n) is 10.2. The molecule has 262 valence electrons. The number of unbranched alkanes of at least 4 members (excludes halogenated alkanes) is 2. The molecule has 0 saturated carbocycles. The molecule has 0 aliphatic carbocycles. The second kappa shape index (κ2) is 15.6. The summed E-state index contributed by atoms with van der Waals surface area (Å²) in [5, 5.41) is 20.2. The minimum Gasteiger partial charge on any atom is -0.489 e. The standard InChI is InChI=1S/C39H49FN4O5/c1-4-6-7-9-28(5-2)44-36-15-11-26(39(46)47)23-34(36)41-38(44)32-14-13-31(24-33(32)40)49-25-27-22-29(43-19-8-10-37(43)45)12-16-35(27)42-20-17-30(48-3)18-21-42/h11-16,22-24,28,30,37,45H,4-10,17-21,25H2,1-3H3,(H,46,47). The largest absolute Gasteiger partial charge is 0.489 e. The van der Waals surface area contributed by atoms with E-state index in [0.717, 1.165) is 99.9 Å². The number of aromatic nitrogens is 2. The number of halogens is 1. The van der Waals surface area contributed by atoms with Gasteiger partial charge in [-0.05, 0) is 87.1 Å². The summed E-state index contributed by atoms with van der Waals surface area (Å²) >= 11 is 0. The Bertz CT molecular complexity index is 1750. The van der Waals surface area contributed by atoms with Crippen LogP contribution in [-0.4, -0.2) is 64.8 Å². The van der Waals surface area contributed by atoms with Gasteiger partial charge in [0.1, 0.15) is 30.2 Å². The molecule has 2 aliphatic heterocycles. The minimum absolute atomic E-state index is 0.0892. The quantitative estimate of drug-likeness (QED) is 0.129. The Labute approximate surface area is 288 Å². The Morgan fingerprint density at radius 2 is 1.84 bits per heavy atom. The molecule has 0 amide bonds. The molecule has 9 nitrogen and oxygen atoms in total. The second-order valence-electron chi connectivity index (χ2n) is 13.4. The Morgan fingerprint density at radius 3 is 2.51 bits per heavy atom. The summed E-state index contributed by atoms with van der Waals surface area (Å²) < 4.78 is 30.1. The van der Waals surface area contributed by atoms with E-state index in [1.54, 1.807) is 37.4 Å². The average Bonchev–Trinajstić information content (AvgIpc) is 3.72. The van der Waals surface area contributed by atoms with Crippen molar-refractivity contribution in [3.05, 3.63) is 71.5 Å². The maximum atomic E-state index is 16.1. The predicted molar refractivity (Wildman–Crippen MR) is 191 cm³/mol. The number of fused-ring (bicyclic) bond motifs is 1. The third-order valence-corrected chi connectivity index (χ3v) is 10.2. The maximum Gasteiger partial charge on any atom is 0.335 e. The average molecular weight is 673 g/mol. The van der Waals surface area contributed by atoms with Gasteiger partial charge in [-0.1, -0.05) is 33.1 Å². The first-order chi connectivity index (χ1) is 23.8. The molecule has 49 heavy (non-hydrogen) atoms. The van der Waals surface area contributed by atoms with Gasteiger partial charge < -0.3 is 34.1 Å². The number of imidazole rings is 1. The predicted octanol–water partition coefficient (Wildman–Crippen LogP) is 8.18. The molecule has 2 atom stereocenters. The van der Waals surface area contributed by atoms with Crippen molar-refractivity contribution in [2.75, 3.05) is 36.5 Å². The number of carbonyl (C=O) groups is 1. The molecule has 0 bridgehead atoms. The number of ether oxygens (including phenoxy) is 2. The molecule has 0 spiro atoms. The van der Waals surface area contributed by atoms with E-state index in [1.165, 1.54) is 6.07 Å². The van der Waals surface area contributed by atoms with Gasteiger partial charge in [-0.15, -0.1) is 0 Å². The van der Waals surface area contributed by atoms with Crippen LogP contribution in [0.25, 0.3) is 22.4 Å². The van der Waals surface area contributed by atoms with Gasteiger partial charge in [-0.3, -0.25) is 0 Å². The van der Waals surface area contributed by atoms with Crippen LogP contribution in [0.3, 0.4) is 0 Å². The highest BCUT2D eigenvalue weighted by molar-refractivity contribution is 5.93. The van der Waals surface area contributed by atoms with Crippen LogP contribution in [0.4, 0.5) is 15.8 Å². The summed E-state index contributed by atoms with van der Waals surface area (Å²) in [6.45, 7) is 7.07. The second-order valence-corrected chi connectivity index (χ2v) is 13.4. The van der Waals surface area contributed by atoms with Gasteiger partial charge in [0.05, 0.1) is 28.3 Å². The number of piperidine rings is 1. The molecule has 10 heteroatoms. The molecular formula is C39H49FN4O5. The highest BCUT2D eigenvalue weighted by Crippen LogP contribution is 2.36. The zero-order valence-corrected chi connectivity index (χ0v) is 28.9. The van der Waals surface area contributed by atoms with Crippen molar-refractivity contribution < 1.29 is 28.9 Å². The van der Waals surface area contributed by atoms with Gasteiger partial charge in [0.15, 0.2) is 0 Å². The number of nitrogens with zero attached hydrogens (tertiary/aromatic N) is 4. The molecule has 2 aliphatic rings. The molecule has 2 saturated heterocycles. The normalized spacial score (nSPS) is 17.6. The smallest absolute Gasteiger partial charge is 0.335 e. The van der Waals surface area contributed by atoms with Crippen LogP contribution in [0.15, 0.2) is 54.6 Å². The number of hydrogen-bond donors (Lipinski definition) is 2. The van der Waals surface area contributed by atoms with E-state index >= 15 is 4.39 Å². The van der Waals surface area contributed by atoms with E-state index in [1.807, 2.05) is 4.90 Å². The fourth-order valence-electron chi connectivity index (χ4n) is 7.42. The number of aromatic carboxylic acids is 1. The lowest BCUT2D eigenvalue weighted by Gasteiger charge is -2.35. The summed E-state index contributed by atoms with van der Waals surface area (Å²) in [6, 6.07) is 16.2. The number of benzene rings is 3. The van der Waals surface area contributed by atoms with Crippen molar-refractivity contribution in [1.82, 2.24) is 9.55 Å². The monoisotopic (exact) mass is 672 g/mol. The molecule has 2 unspecified atom stereocenters. The van der Waals surface area contributed by atoms with Crippen LogP contribution >= 0.6 is 0 Å².